The van der Waals surface area contributed by atoms with E-state index in [0.29, 0.717) is 23.7 Å². The van der Waals surface area contributed by atoms with Crippen molar-refractivity contribution in [1.29, 1.82) is 0 Å². The molecular weight excluding hydrogens is 624 g/mol. The molecule has 0 saturated carbocycles. The second-order valence-corrected chi connectivity index (χ2v) is 18.8. The zero-order valence-electron chi connectivity index (χ0n) is 31.0. The molecule has 4 aromatic rings. The molecule has 0 aliphatic heterocycles. The van der Waals surface area contributed by atoms with E-state index in [1.54, 1.807) is 21.1 Å². The van der Waals surface area contributed by atoms with Gasteiger partial charge in [0.2, 0.25) is 0 Å². The first kappa shape index (κ1) is 40.8. The van der Waals surface area contributed by atoms with Crippen LogP contribution in [0.5, 0.6) is 0 Å². The van der Waals surface area contributed by atoms with Crippen molar-refractivity contribution in [2.75, 3.05) is 0 Å². The van der Waals surface area contributed by atoms with Crippen LogP contribution in [0.1, 0.15) is 152 Å². The summed E-state index contributed by atoms with van der Waals surface area (Å²) in [6, 6.07) is 14.9. The monoisotopic (exact) mass is 686 g/mol. The van der Waals surface area contributed by atoms with Crippen molar-refractivity contribution in [2.24, 2.45) is 0 Å². The summed E-state index contributed by atoms with van der Waals surface area (Å²) in [4.78, 5) is 0. The van der Waals surface area contributed by atoms with Crippen molar-refractivity contribution in [3.63, 3.8) is 0 Å². The van der Waals surface area contributed by atoms with Gasteiger partial charge >= 0.3 is 26.2 Å². The molecule has 0 radical (unpaired) electrons. The average Bonchev–Trinajstić information content (AvgIpc) is 3.47. The van der Waals surface area contributed by atoms with Crippen LogP contribution in [-0.2, 0) is 26.2 Å². The van der Waals surface area contributed by atoms with Gasteiger partial charge in [0.25, 0.3) is 0 Å². The molecule has 0 aromatic heterocycles. The predicted octanol–water partition coefficient (Wildman–Crippen LogP) is 12.6. The number of hydrogen-bond donors (Lipinski definition) is 0. The van der Waals surface area contributed by atoms with Gasteiger partial charge < -0.3 is 13.8 Å². The third kappa shape index (κ3) is 8.97. The topological polar surface area (TPSA) is 0 Å². The fourth-order valence-corrected chi connectivity index (χ4v) is 10.7. The fourth-order valence-electron chi connectivity index (χ4n) is 6.55. The summed E-state index contributed by atoms with van der Waals surface area (Å²) in [5.74, 6) is 2.12. The minimum Gasteiger partial charge on any atom is -0.343 e. The summed E-state index contributed by atoms with van der Waals surface area (Å²) in [6.45, 7) is 40.1. The van der Waals surface area contributed by atoms with Gasteiger partial charge in [0.1, 0.15) is 0 Å². The fraction of sp³-hybridized carbons (Fsp3) is 0.524. The molecule has 2 heteroatoms. The Morgan fingerprint density at radius 1 is 0.591 bits per heavy atom. The summed E-state index contributed by atoms with van der Waals surface area (Å²) in [5.41, 5.74) is 8.98. The van der Waals surface area contributed by atoms with E-state index in [0.717, 1.165) is 12.8 Å². The Labute approximate surface area is 293 Å². The van der Waals surface area contributed by atoms with Crippen LogP contribution in [0.25, 0.3) is 21.5 Å². The zero-order valence-corrected chi connectivity index (χ0v) is 34.5. The number of unbranched alkanes of at least 4 members (excludes halogenated alkanes) is 2. The third-order valence-corrected chi connectivity index (χ3v) is 12.8. The maximum atomic E-state index is 3.60. The van der Waals surface area contributed by atoms with E-state index in [2.05, 4.69) is 146 Å². The largest absolute Gasteiger partial charge is 4.00 e. The first-order chi connectivity index (χ1) is 20.1. The smallest absolute Gasteiger partial charge is 0.343 e. The van der Waals surface area contributed by atoms with Crippen LogP contribution in [0.4, 0.5) is 0 Å². The van der Waals surface area contributed by atoms with Crippen LogP contribution in [0.3, 0.4) is 0 Å². The molecule has 0 amide bonds. The van der Waals surface area contributed by atoms with Crippen LogP contribution < -0.4 is 10.4 Å². The molecule has 0 aliphatic carbocycles. The molecule has 0 unspecified atom stereocenters. The molecule has 0 aliphatic rings. The Morgan fingerprint density at radius 3 is 1.11 bits per heavy atom. The molecule has 4 aromatic carbocycles. The van der Waals surface area contributed by atoms with Crippen molar-refractivity contribution in [1.82, 2.24) is 0 Å². The van der Waals surface area contributed by atoms with Crippen molar-refractivity contribution in [3.05, 3.63) is 83.6 Å². The van der Waals surface area contributed by atoms with Crippen LogP contribution in [-0.4, -0.2) is 8.07 Å². The van der Waals surface area contributed by atoms with Gasteiger partial charge in [0.05, 0.1) is 0 Å². The summed E-state index contributed by atoms with van der Waals surface area (Å²) >= 11 is 0. The van der Waals surface area contributed by atoms with Gasteiger partial charge in [0, 0.05) is 8.07 Å². The van der Waals surface area contributed by atoms with Crippen molar-refractivity contribution in [3.8, 4) is 0 Å². The summed E-state index contributed by atoms with van der Waals surface area (Å²) < 4.78 is 0. The SMILES string of the molecule is Cc1[cH-]c2cc(C(C)C)cc(C(C)C)c2c1[Si](C)(C)c1c(C)[cH-]c2cc(C(C)C)cc(C(C)C)c12.[CH2-]CCC.[CH2-]CCC.[Zr+4]. The number of hydrogen-bond acceptors (Lipinski definition) is 0. The van der Waals surface area contributed by atoms with Crippen LogP contribution in [0.15, 0.2) is 36.4 Å². The number of rotatable bonds is 8. The molecule has 0 saturated heterocycles. The second-order valence-electron chi connectivity index (χ2n) is 14.5. The molecule has 0 heterocycles. The van der Waals surface area contributed by atoms with Crippen molar-refractivity contribution >= 4 is 40.0 Å². The van der Waals surface area contributed by atoms with Gasteiger partial charge in [-0.3, -0.25) is 0 Å². The molecule has 0 nitrogen and oxygen atoms in total. The molecule has 0 fully saturated rings. The van der Waals surface area contributed by atoms with Gasteiger partial charge in [-0.1, -0.05) is 143 Å². The van der Waals surface area contributed by atoms with E-state index < -0.39 is 8.07 Å². The Morgan fingerprint density at radius 2 is 0.886 bits per heavy atom. The summed E-state index contributed by atoms with van der Waals surface area (Å²) in [7, 11) is -2.01. The van der Waals surface area contributed by atoms with E-state index >= 15 is 0 Å². The Kier molecular flexibility index (Phi) is 16.3. The minimum atomic E-state index is -2.01. The van der Waals surface area contributed by atoms with Crippen molar-refractivity contribution in [2.45, 2.75) is 146 Å². The van der Waals surface area contributed by atoms with Crippen molar-refractivity contribution < 1.29 is 26.2 Å². The van der Waals surface area contributed by atoms with Gasteiger partial charge in [-0.15, -0.1) is 56.9 Å². The first-order valence-corrected chi connectivity index (χ1v) is 20.2. The van der Waals surface area contributed by atoms with Crippen LogP contribution >= 0.6 is 0 Å². The zero-order chi connectivity index (χ0) is 32.8. The Bertz CT molecular complexity index is 1340. The van der Waals surface area contributed by atoms with Gasteiger partial charge in [-0.2, -0.15) is 23.2 Å². The van der Waals surface area contributed by atoms with E-state index in [9.17, 15) is 0 Å². The van der Waals surface area contributed by atoms with Crippen LogP contribution in [0, 0.1) is 27.7 Å². The predicted molar refractivity (Wildman–Crippen MR) is 202 cm³/mol. The normalized spacial score (nSPS) is 11.7. The number of benzene rings is 2. The Hall–Kier alpha value is -1.24. The van der Waals surface area contributed by atoms with Gasteiger partial charge in [-0.25, -0.2) is 0 Å². The maximum absolute atomic E-state index is 3.60. The van der Waals surface area contributed by atoms with E-state index in [4.69, 9.17) is 0 Å². The van der Waals surface area contributed by atoms with Gasteiger partial charge in [-0.05, 0) is 23.7 Å². The standard InChI is InChI=1S/C34H46Si.2C4H9.Zr/c1-19(2)25-15-27-13-23(9)33(31(27)29(17-25)21(5)6)35(11,12)34-24(10)14-28-16-26(20(3)4)18-30(22(7)8)32(28)34;2*1-3-4-2;/h13-22H,1-12H3;2*1,3-4H2,2H3;/q-2;2*-1;+4. The van der Waals surface area contributed by atoms with E-state index in [-0.39, 0.29) is 26.2 Å². The first-order valence-electron chi connectivity index (χ1n) is 17.2. The Balaban J connectivity index is 0.000000962. The third-order valence-electron chi connectivity index (χ3n) is 9.01. The molecule has 240 valence electrons. The quantitative estimate of drug-likeness (QED) is 0.128. The second kappa shape index (κ2) is 17.6. The molecule has 0 atom stereocenters. The van der Waals surface area contributed by atoms with Gasteiger partial charge in [0.15, 0.2) is 0 Å². The number of aryl methyl sites for hydroxylation is 2. The minimum absolute atomic E-state index is 0. The molecular formula is C42H64SiZr. The molecule has 0 N–H and O–H groups in total. The van der Waals surface area contributed by atoms with E-state index in [1.165, 1.54) is 57.0 Å². The van der Waals surface area contributed by atoms with Crippen LogP contribution in [0.2, 0.25) is 13.1 Å². The maximum Gasteiger partial charge on any atom is 4.00 e. The summed E-state index contributed by atoms with van der Waals surface area (Å²) in [6.07, 6.45) is 4.56. The molecule has 4 rings (SSSR count). The average molecular weight is 688 g/mol. The molecule has 0 spiro atoms. The van der Waals surface area contributed by atoms with E-state index in [1.807, 2.05) is 0 Å². The molecule has 0 bridgehead atoms. The number of fused-ring (bicyclic) bond motifs is 2. The molecule has 44 heavy (non-hydrogen) atoms. The summed E-state index contributed by atoms with van der Waals surface area (Å²) in [5, 5.41) is 9.32.